The second-order valence-corrected chi connectivity index (χ2v) is 10.4. The summed E-state index contributed by atoms with van der Waals surface area (Å²) in [6.45, 7) is 7.23. The molecule has 0 radical (unpaired) electrons. The standard InChI is InChI=1S/C28H33N7O5/c1-28(2,3)40-27(37)35-9-5-6-18(15-35)33-26-24-23(31-16-32-26)21(25(30)36)13-22(34-24)20-8-7-19(12-17(20)14-29)39-11-10-38-4/h7-8,12-13,16,18H,5-6,9-11,15H2,1-4H3,(H2,30,36)(H,31,32,33)/t18-/m0/s1. The van der Waals surface area contributed by atoms with Crippen LogP contribution in [0.3, 0.4) is 0 Å². The Balaban J connectivity index is 1.69. The molecule has 210 valence electrons. The highest BCUT2D eigenvalue weighted by Gasteiger charge is 2.28. The lowest BCUT2D eigenvalue weighted by atomic mass is 10.0. The number of methoxy groups -OCH3 is 1. The number of amides is 2. The summed E-state index contributed by atoms with van der Waals surface area (Å²) >= 11 is 0. The number of carbonyl (C=O) groups excluding carboxylic acids is 2. The average Bonchev–Trinajstić information content (AvgIpc) is 2.92. The summed E-state index contributed by atoms with van der Waals surface area (Å²) in [4.78, 5) is 40.2. The second-order valence-electron chi connectivity index (χ2n) is 10.4. The van der Waals surface area contributed by atoms with Crippen molar-refractivity contribution >= 4 is 28.9 Å². The van der Waals surface area contributed by atoms with Crippen LogP contribution in [0.5, 0.6) is 5.75 Å². The molecule has 2 amide bonds. The second kappa shape index (κ2) is 12.1. The van der Waals surface area contributed by atoms with Crippen LogP contribution in [0.15, 0.2) is 30.6 Å². The summed E-state index contributed by atoms with van der Waals surface area (Å²) in [7, 11) is 1.58. The first-order valence-electron chi connectivity index (χ1n) is 13.0. The van der Waals surface area contributed by atoms with Crippen molar-refractivity contribution in [3.63, 3.8) is 0 Å². The molecule has 3 heterocycles. The van der Waals surface area contributed by atoms with Gasteiger partial charge in [-0.25, -0.2) is 19.7 Å². The van der Waals surface area contributed by atoms with Gasteiger partial charge in [0.25, 0.3) is 5.91 Å². The minimum atomic E-state index is -0.690. The summed E-state index contributed by atoms with van der Waals surface area (Å²) < 4.78 is 16.2. The smallest absolute Gasteiger partial charge is 0.410 e. The van der Waals surface area contributed by atoms with Gasteiger partial charge in [0.2, 0.25) is 0 Å². The van der Waals surface area contributed by atoms with Gasteiger partial charge in [0.1, 0.15) is 35.3 Å². The molecular formula is C28H33N7O5. The first-order valence-corrected chi connectivity index (χ1v) is 13.0. The minimum absolute atomic E-state index is 0.139. The monoisotopic (exact) mass is 547 g/mol. The first kappa shape index (κ1) is 28.5. The van der Waals surface area contributed by atoms with E-state index < -0.39 is 11.5 Å². The normalized spacial score (nSPS) is 15.4. The Kier molecular flexibility index (Phi) is 8.64. The third-order valence-electron chi connectivity index (χ3n) is 6.21. The van der Waals surface area contributed by atoms with E-state index in [9.17, 15) is 14.9 Å². The number of nitrogens with two attached hydrogens (primary N) is 1. The van der Waals surface area contributed by atoms with Crippen LogP contribution >= 0.6 is 0 Å². The van der Waals surface area contributed by atoms with Crippen LogP contribution in [0.4, 0.5) is 10.6 Å². The number of nitrogens with one attached hydrogen (secondary N) is 1. The maximum absolute atomic E-state index is 12.6. The number of nitrogens with zero attached hydrogens (tertiary/aromatic N) is 5. The Morgan fingerprint density at radius 2 is 2.00 bits per heavy atom. The summed E-state index contributed by atoms with van der Waals surface area (Å²) in [5, 5.41) is 13.2. The predicted octanol–water partition coefficient (Wildman–Crippen LogP) is 3.50. The van der Waals surface area contributed by atoms with Crippen molar-refractivity contribution in [2.24, 2.45) is 5.73 Å². The number of aromatic nitrogens is 3. The van der Waals surface area contributed by atoms with Gasteiger partial charge in [-0.3, -0.25) is 4.79 Å². The molecule has 2 aromatic heterocycles. The van der Waals surface area contributed by atoms with Crippen LogP contribution < -0.4 is 15.8 Å². The number of ether oxygens (including phenoxy) is 3. The van der Waals surface area contributed by atoms with Crippen molar-refractivity contribution in [1.82, 2.24) is 19.9 Å². The van der Waals surface area contributed by atoms with E-state index in [0.29, 0.717) is 60.2 Å². The molecule has 3 N–H and O–H groups in total. The Bertz CT molecular complexity index is 1450. The zero-order valence-corrected chi connectivity index (χ0v) is 23.1. The van der Waals surface area contributed by atoms with E-state index in [1.54, 1.807) is 30.2 Å². The third-order valence-corrected chi connectivity index (χ3v) is 6.21. The van der Waals surface area contributed by atoms with E-state index in [0.717, 1.165) is 12.8 Å². The molecule has 1 aliphatic heterocycles. The maximum atomic E-state index is 12.6. The highest BCUT2D eigenvalue weighted by molar-refractivity contribution is 6.07. The first-order chi connectivity index (χ1) is 19.1. The van der Waals surface area contributed by atoms with Crippen LogP contribution in [0.1, 0.15) is 49.5 Å². The van der Waals surface area contributed by atoms with Gasteiger partial charge in [-0.1, -0.05) is 0 Å². The lowest BCUT2D eigenvalue weighted by Crippen LogP contribution is -2.47. The molecule has 12 heteroatoms. The van der Waals surface area contributed by atoms with Crippen molar-refractivity contribution < 1.29 is 23.8 Å². The molecule has 40 heavy (non-hydrogen) atoms. The van der Waals surface area contributed by atoms with Gasteiger partial charge in [0.15, 0.2) is 5.82 Å². The number of carbonyl (C=O) groups is 2. The number of benzene rings is 1. The lowest BCUT2D eigenvalue weighted by molar-refractivity contribution is 0.0206. The van der Waals surface area contributed by atoms with E-state index >= 15 is 0 Å². The topological polar surface area (TPSA) is 166 Å². The third kappa shape index (κ3) is 6.73. The number of pyridine rings is 1. The molecule has 0 saturated carbocycles. The largest absolute Gasteiger partial charge is 0.491 e. The fraction of sp³-hybridized carbons (Fsp3) is 0.429. The zero-order chi connectivity index (χ0) is 28.9. The summed E-state index contributed by atoms with van der Waals surface area (Å²) in [6.07, 6.45) is 2.52. The molecule has 0 aliphatic carbocycles. The number of hydrogen-bond acceptors (Lipinski definition) is 10. The number of likely N-dealkylation sites (tertiary alicyclic amines) is 1. The highest BCUT2D eigenvalue weighted by Crippen LogP contribution is 2.31. The van der Waals surface area contributed by atoms with Crippen LogP contribution in [0.25, 0.3) is 22.3 Å². The van der Waals surface area contributed by atoms with Crippen LogP contribution in [0.2, 0.25) is 0 Å². The SMILES string of the molecule is COCCOc1ccc(-c2cc(C(N)=O)c3ncnc(N[C@H]4CCCN(C(=O)OC(C)(C)C)C4)c3n2)c(C#N)c1. The fourth-order valence-electron chi connectivity index (χ4n) is 4.42. The van der Waals surface area contributed by atoms with E-state index in [1.165, 1.54) is 12.4 Å². The average molecular weight is 548 g/mol. The Hall–Kier alpha value is -4.50. The predicted molar refractivity (Wildman–Crippen MR) is 148 cm³/mol. The van der Waals surface area contributed by atoms with Gasteiger partial charge < -0.3 is 30.2 Å². The summed E-state index contributed by atoms with van der Waals surface area (Å²) in [5.74, 6) is 0.208. The molecule has 1 aromatic carbocycles. The number of primary amides is 1. The van der Waals surface area contributed by atoms with Crippen molar-refractivity contribution in [1.29, 1.82) is 5.26 Å². The molecule has 12 nitrogen and oxygen atoms in total. The zero-order valence-electron chi connectivity index (χ0n) is 23.1. The molecule has 1 fully saturated rings. The molecule has 3 aromatic rings. The van der Waals surface area contributed by atoms with E-state index in [-0.39, 0.29) is 23.2 Å². The molecule has 0 unspecified atom stereocenters. The summed E-state index contributed by atoms with van der Waals surface area (Å²) in [5.41, 5.74) is 7.05. The van der Waals surface area contributed by atoms with Crippen molar-refractivity contribution in [3.8, 4) is 23.1 Å². The minimum Gasteiger partial charge on any atom is -0.491 e. The van der Waals surface area contributed by atoms with Gasteiger partial charge >= 0.3 is 6.09 Å². The number of rotatable bonds is 8. The molecule has 0 bridgehead atoms. The number of anilines is 1. The fourth-order valence-corrected chi connectivity index (χ4v) is 4.42. The highest BCUT2D eigenvalue weighted by atomic mass is 16.6. The van der Waals surface area contributed by atoms with Gasteiger partial charge in [-0.05, 0) is 57.9 Å². The van der Waals surface area contributed by atoms with Crippen LogP contribution in [-0.2, 0) is 9.47 Å². The van der Waals surface area contributed by atoms with E-state index in [2.05, 4.69) is 21.4 Å². The number of fused-ring (bicyclic) bond motifs is 1. The summed E-state index contributed by atoms with van der Waals surface area (Å²) in [6, 6.07) is 8.58. The molecule has 1 aliphatic rings. The Labute approximate surface area is 232 Å². The van der Waals surface area contributed by atoms with E-state index in [4.69, 9.17) is 24.9 Å². The number of piperidine rings is 1. The number of hydrogen-bond donors (Lipinski definition) is 2. The molecule has 0 spiro atoms. The van der Waals surface area contributed by atoms with Gasteiger partial charge in [-0.15, -0.1) is 0 Å². The molecule has 1 atom stereocenters. The Morgan fingerprint density at radius 3 is 2.70 bits per heavy atom. The van der Waals surface area contributed by atoms with Crippen LogP contribution in [-0.4, -0.2) is 76.9 Å². The molecule has 4 rings (SSSR count). The van der Waals surface area contributed by atoms with E-state index in [1.807, 2.05) is 20.8 Å². The number of nitriles is 1. The quantitative estimate of drug-likeness (QED) is 0.399. The van der Waals surface area contributed by atoms with Crippen LogP contribution in [0, 0.1) is 11.3 Å². The maximum Gasteiger partial charge on any atom is 0.410 e. The van der Waals surface area contributed by atoms with Crippen molar-refractivity contribution in [3.05, 3.63) is 41.7 Å². The lowest BCUT2D eigenvalue weighted by Gasteiger charge is -2.34. The molecule has 1 saturated heterocycles. The van der Waals surface area contributed by atoms with Gasteiger partial charge in [0, 0.05) is 31.8 Å². The van der Waals surface area contributed by atoms with Crippen molar-refractivity contribution in [2.45, 2.75) is 45.3 Å². The van der Waals surface area contributed by atoms with Gasteiger partial charge in [-0.2, -0.15) is 5.26 Å². The molecular weight excluding hydrogens is 514 g/mol. The Morgan fingerprint density at radius 1 is 1.20 bits per heavy atom. The van der Waals surface area contributed by atoms with Crippen molar-refractivity contribution in [2.75, 3.05) is 38.7 Å². The van der Waals surface area contributed by atoms with Gasteiger partial charge in [0.05, 0.1) is 29.5 Å².